The van der Waals surface area contributed by atoms with Crippen LogP contribution in [0.3, 0.4) is 0 Å². The van der Waals surface area contributed by atoms with Crippen LogP contribution in [0.2, 0.25) is 0 Å². The van der Waals surface area contributed by atoms with Gasteiger partial charge in [0.15, 0.2) is 0 Å². The Morgan fingerprint density at radius 1 is 1.04 bits per heavy atom. The van der Waals surface area contributed by atoms with Crippen molar-refractivity contribution in [2.24, 2.45) is 0 Å². The zero-order chi connectivity index (χ0) is 17.5. The third-order valence-electron chi connectivity index (χ3n) is 3.52. The number of benzene rings is 1. The normalized spacial score (nSPS) is 13.9. The molecule has 0 fully saturated rings. The minimum atomic E-state index is -0.456. The van der Waals surface area contributed by atoms with Crippen LogP contribution < -0.4 is 10.2 Å². The number of nitrogens with one attached hydrogen (secondary N) is 1. The fourth-order valence-corrected chi connectivity index (χ4v) is 2.48. The number of hydrogen-bond donors (Lipinski definition) is 1. The number of carbonyl (C=O) groups excluding carboxylic acids is 3. The molecule has 3 amide bonds. The van der Waals surface area contributed by atoms with E-state index in [0.717, 1.165) is 4.90 Å². The summed E-state index contributed by atoms with van der Waals surface area (Å²) in [7, 11) is 0. The van der Waals surface area contributed by atoms with Crippen LogP contribution in [0.5, 0.6) is 0 Å². The monoisotopic (exact) mass is 323 g/mol. The summed E-state index contributed by atoms with van der Waals surface area (Å²) in [5.41, 5.74) is 0.969. The average molecular weight is 323 g/mol. The first-order valence-corrected chi connectivity index (χ1v) is 7.54. The van der Waals surface area contributed by atoms with Crippen molar-refractivity contribution in [3.8, 4) is 0 Å². The van der Waals surface area contributed by atoms with Gasteiger partial charge in [0.05, 0.1) is 11.3 Å². The molecular formula is C18H17N3O3. The van der Waals surface area contributed by atoms with Crippen LogP contribution in [0.1, 0.15) is 52.0 Å². The number of fused-ring (bicyclic) bond motifs is 1. The van der Waals surface area contributed by atoms with Gasteiger partial charge in [-0.25, -0.2) is 4.90 Å². The topological polar surface area (TPSA) is 79.4 Å². The Hall–Kier alpha value is -3.02. The zero-order valence-corrected chi connectivity index (χ0v) is 13.7. The van der Waals surface area contributed by atoms with Gasteiger partial charge in [0.2, 0.25) is 0 Å². The number of anilines is 1. The van der Waals surface area contributed by atoms with Crippen LogP contribution in [0.25, 0.3) is 0 Å². The second kappa shape index (κ2) is 5.56. The van der Waals surface area contributed by atoms with Crippen LogP contribution in [-0.4, -0.2) is 28.2 Å². The average Bonchev–Trinajstić information content (AvgIpc) is 2.78. The van der Waals surface area contributed by atoms with Gasteiger partial charge < -0.3 is 5.32 Å². The van der Waals surface area contributed by atoms with Gasteiger partial charge in [-0.2, -0.15) is 0 Å². The molecule has 0 radical (unpaired) electrons. The fraction of sp³-hybridized carbons (Fsp3) is 0.222. The van der Waals surface area contributed by atoms with E-state index in [2.05, 4.69) is 10.3 Å². The van der Waals surface area contributed by atoms with E-state index in [4.69, 9.17) is 0 Å². The molecule has 1 aromatic carbocycles. The smallest absolute Gasteiger partial charge is 0.284 e. The second-order valence-electron chi connectivity index (χ2n) is 6.60. The molecule has 2 aromatic rings. The fourth-order valence-electron chi connectivity index (χ4n) is 2.48. The number of pyridine rings is 1. The molecule has 2 heterocycles. The molecule has 0 bridgehead atoms. The van der Waals surface area contributed by atoms with Crippen molar-refractivity contribution >= 4 is 23.4 Å². The van der Waals surface area contributed by atoms with Gasteiger partial charge in [-0.1, -0.05) is 0 Å². The summed E-state index contributed by atoms with van der Waals surface area (Å²) in [6.07, 6.45) is 1.48. The summed E-state index contributed by atoms with van der Waals surface area (Å²) < 4.78 is 0. The summed E-state index contributed by atoms with van der Waals surface area (Å²) in [6, 6.07) is 9.54. The second-order valence-corrected chi connectivity index (χ2v) is 6.60. The summed E-state index contributed by atoms with van der Waals surface area (Å²) in [5, 5.41) is 2.86. The molecule has 0 atom stereocenters. The highest BCUT2D eigenvalue weighted by Crippen LogP contribution is 2.27. The molecule has 1 aliphatic heterocycles. The molecule has 3 rings (SSSR count). The highest BCUT2D eigenvalue weighted by atomic mass is 16.2. The Labute approximate surface area is 139 Å². The van der Waals surface area contributed by atoms with Crippen molar-refractivity contribution in [1.29, 1.82) is 0 Å². The molecule has 24 heavy (non-hydrogen) atoms. The van der Waals surface area contributed by atoms with Crippen LogP contribution in [-0.2, 0) is 0 Å². The van der Waals surface area contributed by atoms with E-state index in [1.165, 1.54) is 6.20 Å². The number of imide groups is 1. The van der Waals surface area contributed by atoms with E-state index in [0.29, 0.717) is 11.3 Å². The Balaban J connectivity index is 1.86. The molecule has 0 spiro atoms. The predicted molar refractivity (Wildman–Crippen MR) is 89.0 cm³/mol. The van der Waals surface area contributed by atoms with Gasteiger partial charge in [0, 0.05) is 17.3 Å². The van der Waals surface area contributed by atoms with E-state index < -0.39 is 11.8 Å². The quantitative estimate of drug-likeness (QED) is 0.861. The molecule has 1 aromatic heterocycles. The number of rotatable bonds is 2. The molecule has 1 N–H and O–H groups in total. The van der Waals surface area contributed by atoms with Gasteiger partial charge in [0.25, 0.3) is 17.7 Å². The number of aromatic nitrogens is 1. The Morgan fingerprint density at radius 2 is 1.71 bits per heavy atom. The van der Waals surface area contributed by atoms with Crippen LogP contribution in [0.4, 0.5) is 5.69 Å². The van der Waals surface area contributed by atoms with E-state index in [1.54, 1.807) is 36.4 Å². The Morgan fingerprint density at radius 3 is 2.29 bits per heavy atom. The molecule has 122 valence electrons. The van der Waals surface area contributed by atoms with Gasteiger partial charge in [-0.05, 0) is 57.2 Å². The summed E-state index contributed by atoms with van der Waals surface area (Å²) in [6.45, 7) is 5.68. The molecule has 1 aliphatic rings. The first-order valence-electron chi connectivity index (χ1n) is 7.54. The Bertz CT molecular complexity index is 800. The van der Waals surface area contributed by atoms with E-state index in [-0.39, 0.29) is 22.7 Å². The minimum Gasteiger partial charge on any atom is -0.347 e. The minimum absolute atomic E-state index is 0.150. The maximum atomic E-state index is 12.4. The largest absolute Gasteiger partial charge is 0.347 e. The first kappa shape index (κ1) is 15.9. The standard InChI is InChI=1S/C18H17N3O3/c1-18(2,3)20-15(22)11-6-8-12(9-7-11)21-16(23)13-5-4-10-19-14(13)17(21)24/h4-10H,1-3H3,(H,20,22). The summed E-state index contributed by atoms with van der Waals surface area (Å²) in [5.74, 6) is -1.07. The van der Waals surface area contributed by atoms with Crippen molar-refractivity contribution in [1.82, 2.24) is 10.3 Å². The third-order valence-corrected chi connectivity index (χ3v) is 3.52. The lowest BCUT2D eigenvalue weighted by molar-refractivity contribution is 0.0911. The van der Waals surface area contributed by atoms with Crippen molar-refractivity contribution in [2.45, 2.75) is 26.3 Å². The maximum Gasteiger partial charge on any atom is 0.284 e. The van der Waals surface area contributed by atoms with Crippen molar-refractivity contribution in [3.05, 3.63) is 59.4 Å². The van der Waals surface area contributed by atoms with Gasteiger partial charge in [-0.15, -0.1) is 0 Å². The lowest BCUT2D eigenvalue weighted by atomic mass is 10.1. The van der Waals surface area contributed by atoms with Gasteiger partial charge >= 0.3 is 0 Å². The van der Waals surface area contributed by atoms with E-state index in [9.17, 15) is 14.4 Å². The van der Waals surface area contributed by atoms with Crippen molar-refractivity contribution in [3.63, 3.8) is 0 Å². The molecule has 0 aliphatic carbocycles. The highest BCUT2D eigenvalue weighted by molar-refractivity contribution is 6.33. The molecular weight excluding hydrogens is 306 g/mol. The number of nitrogens with zero attached hydrogens (tertiary/aromatic N) is 2. The van der Waals surface area contributed by atoms with Crippen LogP contribution in [0, 0.1) is 0 Å². The zero-order valence-electron chi connectivity index (χ0n) is 13.7. The van der Waals surface area contributed by atoms with Crippen molar-refractivity contribution < 1.29 is 14.4 Å². The number of amides is 3. The van der Waals surface area contributed by atoms with Crippen LogP contribution >= 0.6 is 0 Å². The van der Waals surface area contributed by atoms with Gasteiger partial charge in [-0.3, -0.25) is 19.4 Å². The molecule has 6 heteroatoms. The maximum absolute atomic E-state index is 12.4. The lowest BCUT2D eigenvalue weighted by Crippen LogP contribution is -2.40. The summed E-state index contributed by atoms with van der Waals surface area (Å²) in [4.78, 5) is 42.0. The molecule has 6 nitrogen and oxygen atoms in total. The van der Waals surface area contributed by atoms with E-state index in [1.807, 2.05) is 20.8 Å². The number of carbonyl (C=O) groups is 3. The predicted octanol–water partition coefficient (Wildman–Crippen LogP) is 2.41. The molecule has 0 saturated carbocycles. The highest BCUT2D eigenvalue weighted by Gasteiger charge is 2.37. The molecule has 0 unspecified atom stereocenters. The number of hydrogen-bond acceptors (Lipinski definition) is 4. The first-order chi connectivity index (χ1) is 11.3. The van der Waals surface area contributed by atoms with Crippen LogP contribution in [0.15, 0.2) is 42.6 Å². The summed E-state index contributed by atoms with van der Waals surface area (Å²) >= 11 is 0. The Kier molecular flexibility index (Phi) is 3.67. The lowest BCUT2D eigenvalue weighted by Gasteiger charge is -2.20. The molecule has 0 saturated heterocycles. The SMILES string of the molecule is CC(C)(C)NC(=O)c1ccc(N2C(=O)c3cccnc3C2=O)cc1. The third kappa shape index (κ3) is 2.78. The van der Waals surface area contributed by atoms with Gasteiger partial charge in [0.1, 0.15) is 5.69 Å². The van der Waals surface area contributed by atoms with E-state index >= 15 is 0 Å². The van der Waals surface area contributed by atoms with Crippen molar-refractivity contribution in [2.75, 3.05) is 4.90 Å².